The Balaban J connectivity index is 1.45. The number of rotatable bonds is 5. The van der Waals surface area contributed by atoms with Gasteiger partial charge in [-0.25, -0.2) is 9.78 Å². The first-order chi connectivity index (χ1) is 12.9. The van der Waals surface area contributed by atoms with Gasteiger partial charge < -0.3 is 5.32 Å². The minimum absolute atomic E-state index is 0.0864. The normalized spacial score (nSPS) is 15.5. The predicted octanol–water partition coefficient (Wildman–Crippen LogP) is 4.47. The average molecular weight is 398 g/mol. The zero-order valence-corrected chi connectivity index (χ0v) is 15.5. The Bertz CT molecular complexity index is 755. The summed E-state index contributed by atoms with van der Waals surface area (Å²) in [4.78, 5) is 17.6. The van der Waals surface area contributed by atoms with Gasteiger partial charge in [-0.2, -0.15) is 13.2 Å². The van der Waals surface area contributed by atoms with E-state index in [4.69, 9.17) is 0 Å². The molecule has 0 atom stereocenters. The van der Waals surface area contributed by atoms with Gasteiger partial charge in [0.15, 0.2) is 10.8 Å². The smallest absolute Gasteiger partial charge is 0.334 e. The third kappa shape index (κ3) is 5.93. The van der Waals surface area contributed by atoms with Gasteiger partial charge in [0.2, 0.25) is 0 Å². The van der Waals surface area contributed by atoms with Gasteiger partial charge in [-0.15, -0.1) is 11.3 Å². The van der Waals surface area contributed by atoms with E-state index in [1.165, 1.54) is 24.8 Å². The van der Waals surface area contributed by atoms with E-state index in [9.17, 15) is 18.0 Å². The molecule has 1 aliphatic heterocycles. The maximum Gasteiger partial charge on any atom is 0.434 e. The molecule has 0 saturated carbocycles. The molecule has 27 heavy (non-hydrogen) atoms. The molecule has 2 N–H and O–H groups in total. The lowest BCUT2D eigenvalue weighted by Gasteiger charge is -2.26. The first-order valence-corrected chi connectivity index (χ1v) is 9.66. The molecule has 146 valence electrons. The molecule has 1 aliphatic rings. The molecule has 1 aromatic heterocycles. The van der Waals surface area contributed by atoms with Crippen LogP contribution in [0, 0.1) is 0 Å². The third-order valence-corrected chi connectivity index (χ3v) is 5.10. The van der Waals surface area contributed by atoms with E-state index in [2.05, 4.69) is 20.5 Å². The second kappa shape index (κ2) is 8.71. The number of urea groups is 1. The molecule has 0 unspecified atom stereocenters. The van der Waals surface area contributed by atoms with Gasteiger partial charge in [-0.1, -0.05) is 30.7 Å². The van der Waals surface area contributed by atoms with E-state index in [1.54, 1.807) is 0 Å². The zero-order chi connectivity index (χ0) is 19.3. The van der Waals surface area contributed by atoms with Crippen molar-refractivity contribution in [3.8, 4) is 0 Å². The van der Waals surface area contributed by atoms with E-state index in [1.807, 2.05) is 24.3 Å². The number of amides is 2. The number of carbonyl (C=O) groups excluding carboxylic acids is 1. The number of aromatic nitrogens is 1. The Kier molecular flexibility index (Phi) is 6.33. The molecule has 2 aromatic rings. The lowest BCUT2D eigenvalue weighted by molar-refractivity contribution is -0.140. The van der Waals surface area contributed by atoms with Gasteiger partial charge in [0.25, 0.3) is 0 Å². The third-order valence-electron chi connectivity index (χ3n) is 4.35. The Labute approximate surface area is 159 Å². The van der Waals surface area contributed by atoms with Crippen LogP contribution in [0.15, 0.2) is 29.6 Å². The predicted molar refractivity (Wildman–Crippen MR) is 98.5 cm³/mol. The number of carbonyl (C=O) groups is 1. The first kappa shape index (κ1) is 19.6. The fourth-order valence-corrected chi connectivity index (χ4v) is 3.64. The number of anilines is 1. The lowest BCUT2D eigenvalue weighted by Crippen LogP contribution is -2.29. The summed E-state index contributed by atoms with van der Waals surface area (Å²) in [6, 6.07) is 7.39. The van der Waals surface area contributed by atoms with Crippen LogP contribution in [0.1, 0.15) is 36.1 Å². The summed E-state index contributed by atoms with van der Waals surface area (Å²) in [6.07, 6.45) is -0.702. The Morgan fingerprint density at radius 2 is 1.78 bits per heavy atom. The molecule has 0 radical (unpaired) electrons. The molecular weight excluding hydrogens is 377 g/mol. The van der Waals surface area contributed by atoms with Crippen molar-refractivity contribution in [3.05, 3.63) is 46.5 Å². The standard InChI is InChI=1S/C18H21F3N4OS/c19-18(20,21)15-12-27-17(23-15)24-16(26)22-10-13-4-6-14(7-5-13)11-25-8-2-1-3-9-25/h4-7,12H,1-3,8-11H2,(H2,22,23,24,26). The summed E-state index contributed by atoms with van der Waals surface area (Å²) >= 11 is 0.737. The molecule has 2 heterocycles. The van der Waals surface area contributed by atoms with E-state index < -0.39 is 17.9 Å². The highest BCUT2D eigenvalue weighted by atomic mass is 32.1. The van der Waals surface area contributed by atoms with Crippen LogP contribution in [0.4, 0.5) is 23.1 Å². The van der Waals surface area contributed by atoms with Gasteiger partial charge in [0.05, 0.1) is 0 Å². The van der Waals surface area contributed by atoms with Gasteiger partial charge in [-0.3, -0.25) is 10.2 Å². The van der Waals surface area contributed by atoms with Crippen molar-refractivity contribution in [2.75, 3.05) is 18.4 Å². The number of thiazole rings is 1. The topological polar surface area (TPSA) is 57.3 Å². The van der Waals surface area contributed by atoms with Crippen LogP contribution in [0.25, 0.3) is 0 Å². The van der Waals surface area contributed by atoms with E-state index >= 15 is 0 Å². The molecule has 0 bridgehead atoms. The Morgan fingerprint density at radius 1 is 1.11 bits per heavy atom. The van der Waals surface area contributed by atoms with Gasteiger partial charge in [-0.05, 0) is 37.1 Å². The molecule has 0 spiro atoms. The molecule has 3 rings (SSSR count). The van der Waals surface area contributed by atoms with Crippen LogP contribution in [-0.4, -0.2) is 29.0 Å². The van der Waals surface area contributed by atoms with Crippen LogP contribution >= 0.6 is 11.3 Å². The highest BCUT2D eigenvalue weighted by Gasteiger charge is 2.33. The summed E-state index contributed by atoms with van der Waals surface area (Å²) in [6.45, 7) is 3.49. The number of benzene rings is 1. The van der Waals surface area contributed by atoms with Crippen molar-refractivity contribution < 1.29 is 18.0 Å². The molecule has 0 aliphatic carbocycles. The Hall–Kier alpha value is -2.13. The van der Waals surface area contributed by atoms with E-state index in [-0.39, 0.29) is 11.7 Å². The van der Waals surface area contributed by atoms with Crippen molar-refractivity contribution in [3.63, 3.8) is 0 Å². The molecule has 9 heteroatoms. The molecule has 1 saturated heterocycles. The number of alkyl halides is 3. The minimum Gasteiger partial charge on any atom is -0.334 e. The van der Waals surface area contributed by atoms with Crippen LogP contribution in [0.2, 0.25) is 0 Å². The fraction of sp³-hybridized carbons (Fsp3) is 0.444. The van der Waals surface area contributed by atoms with E-state index in [0.29, 0.717) is 0 Å². The van der Waals surface area contributed by atoms with Crippen molar-refractivity contribution in [2.24, 2.45) is 0 Å². The van der Waals surface area contributed by atoms with Crippen molar-refractivity contribution >= 4 is 22.5 Å². The van der Waals surface area contributed by atoms with Crippen LogP contribution in [-0.2, 0) is 19.3 Å². The maximum absolute atomic E-state index is 12.5. The lowest BCUT2D eigenvalue weighted by atomic mass is 10.1. The average Bonchev–Trinajstić information content (AvgIpc) is 3.11. The number of nitrogens with zero attached hydrogens (tertiary/aromatic N) is 2. The zero-order valence-electron chi connectivity index (χ0n) is 14.7. The summed E-state index contributed by atoms with van der Waals surface area (Å²) in [5.74, 6) is 0. The van der Waals surface area contributed by atoms with Crippen molar-refractivity contribution in [1.82, 2.24) is 15.2 Å². The monoisotopic (exact) mass is 398 g/mol. The summed E-state index contributed by atoms with van der Waals surface area (Å²) in [5.41, 5.74) is 1.14. The Morgan fingerprint density at radius 3 is 2.41 bits per heavy atom. The number of nitrogens with one attached hydrogen (secondary N) is 2. The number of hydrogen-bond donors (Lipinski definition) is 2. The van der Waals surface area contributed by atoms with Crippen LogP contribution in [0.3, 0.4) is 0 Å². The first-order valence-electron chi connectivity index (χ1n) is 8.78. The van der Waals surface area contributed by atoms with Crippen molar-refractivity contribution in [2.45, 2.75) is 38.5 Å². The molecular formula is C18H21F3N4OS. The van der Waals surface area contributed by atoms with Crippen LogP contribution < -0.4 is 10.6 Å². The highest BCUT2D eigenvalue weighted by Crippen LogP contribution is 2.31. The van der Waals surface area contributed by atoms with Gasteiger partial charge in [0.1, 0.15) is 0 Å². The summed E-state index contributed by atoms with van der Waals surface area (Å²) in [5, 5.41) is 5.73. The number of piperidine rings is 1. The van der Waals surface area contributed by atoms with E-state index in [0.717, 1.165) is 41.9 Å². The number of hydrogen-bond acceptors (Lipinski definition) is 4. The quantitative estimate of drug-likeness (QED) is 0.781. The maximum atomic E-state index is 12.5. The highest BCUT2D eigenvalue weighted by molar-refractivity contribution is 7.13. The molecule has 1 fully saturated rings. The largest absolute Gasteiger partial charge is 0.434 e. The molecule has 1 aromatic carbocycles. The number of halogens is 3. The second-order valence-corrected chi connectivity index (χ2v) is 7.35. The fourth-order valence-electron chi connectivity index (χ4n) is 2.92. The molecule has 5 nitrogen and oxygen atoms in total. The molecule has 2 amide bonds. The second-order valence-electron chi connectivity index (χ2n) is 6.50. The SMILES string of the molecule is O=C(NCc1ccc(CN2CCCCC2)cc1)Nc1nc(C(F)(F)F)cs1. The van der Waals surface area contributed by atoms with Gasteiger partial charge in [0, 0.05) is 18.5 Å². The number of likely N-dealkylation sites (tertiary alicyclic amines) is 1. The summed E-state index contributed by atoms with van der Waals surface area (Å²) in [7, 11) is 0. The van der Waals surface area contributed by atoms with Crippen molar-refractivity contribution in [1.29, 1.82) is 0 Å². The summed E-state index contributed by atoms with van der Waals surface area (Å²) < 4.78 is 37.5. The van der Waals surface area contributed by atoms with Crippen LogP contribution in [0.5, 0.6) is 0 Å². The minimum atomic E-state index is -4.51. The van der Waals surface area contributed by atoms with Gasteiger partial charge >= 0.3 is 12.2 Å².